The van der Waals surface area contributed by atoms with Gasteiger partial charge in [-0.3, -0.25) is 9.69 Å². The summed E-state index contributed by atoms with van der Waals surface area (Å²) in [4.78, 5) is 40.5. The van der Waals surface area contributed by atoms with Crippen molar-refractivity contribution >= 4 is 34.7 Å². The van der Waals surface area contributed by atoms with Crippen molar-refractivity contribution in [2.75, 3.05) is 36.9 Å². The number of hydrogen-bond acceptors (Lipinski definition) is 6. The molecule has 32 heavy (non-hydrogen) atoms. The van der Waals surface area contributed by atoms with Gasteiger partial charge >= 0.3 is 0 Å². The second-order valence-corrected chi connectivity index (χ2v) is 8.84. The van der Waals surface area contributed by atoms with Crippen LogP contribution in [0.5, 0.6) is 0 Å². The zero-order chi connectivity index (χ0) is 22.1. The van der Waals surface area contributed by atoms with Gasteiger partial charge in [0, 0.05) is 54.6 Å². The summed E-state index contributed by atoms with van der Waals surface area (Å²) in [6.07, 6.45) is 8.49. The van der Waals surface area contributed by atoms with Gasteiger partial charge in [-0.1, -0.05) is 0 Å². The van der Waals surface area contributed by atoms with Gasteiger partial charge in [-0.15, -0.1) is 0 Å². The van der Waals surface area contributed by atoms with Crippen molar-refractivity contribution in [3.8, 4) is 0 Å². The fraction of sp³-hybridized carbons (Fsp3) is 0.417. The van der Waals surface area contributed by atoms with Crippen LogP contribution in [-0.2, 0) is 4.79 Å². The molecule has 0 spiro atoms. The molecule has 0 radical (unpaired) electrons. The zero-order valence-electron chi connectivity index (χ0n) is 18.3. The van der Waals surface area contributed by atoms with Crippen molar-refractivity contribution in [3.63, 3.8) is 0 Å². The smallest absolute Gasteiger partial charge is 0.258 e. The van der Waals surface area contributed by atoms with E-state index in [-0.39, 0.29) is 11.8 Å². The minimum Gasteiger partial charge on any atom is -0.357 e. The number of aromatic amines is 1. The first-order valence-electron chi connectivity index (χ1n) is 11.3. The molecule has 2 aliphatic heterocycles. The van der Waals surface area contributed by atoms with Crippen LogP contribution < -0.4 is 10.2 Å². The van der Waals surface area contributed by atoms with Crippen molar-refractivity contribution in [2.45, 2.75) is 31.7 Å². The Morgan fingerprint density at radius 1 is 1.12 bits per heavy atom. The summed E-state index contributed by atoms with van der Waals surface area (Å²) in [5.74, 6) is 1.26. The second kappa shape index (κ2) is 8.70. The van der Waals surface area contributed by atoms with Gasteiger partial charge in [0.25, 0.3) is 5.91 Å². The number of fused-ring (bicyclic) bond motifs is 1. The Bertz CT molecular complexity index is 1120. The molecule has 2 saturated heterocycles. The van der Waals surface area contributed by atoms with Crippen LogP contribution in [-0.4, -0.2) is 58.7 Å². The normalized spacial score (nSPS) is 20.0. The predicted octanol–water partition coefficient (Wildman–Crippen LogP) is 3.39. The Labute approximate surface area is 187 Å². The number of piperidine rings is 1. The van der Waals surface area contributed by atoms with Crippen molar-refractivity contribution in [2.24, 2.45) is 5.92 Å². The van der Waals surface area contributed by atoms with Gasteiger partial charge in [0.2, 0.25) is 0 Å². The molecule has 0 aromatic carbocycles. The number of amides is 1. The van der Waals surface area contributed by atoms with E-state index in [1.165, 1.54) is 12.1 Å². The number of nitrogens with zero attached hydrogens (tertiary/aromatic N) is 4. The van der Waals surface area contributed by atoms with E-state index in [9.17, 15) is 9.59 Å². The third-order valence-corrected chi connectivity index (χ3v) is 6.71. The van der Waals surface area contributed by atoms with Gasteiger partial charge in [0.05, 0.1) is 11.1 Å². The first kappa shape index (κ1) is 20.6. The van der Waals surface area contributed by atoms with E-state index in [4.69, 9.17) is 0 Å². The summed E-state index contributed by atoms with van der Waals surface area (Å²) in [6, 6.07) is 8.09. The third-order valence-electron chi connectivity index (χ3n) is 6.71. The van der Waals surface area contributed by atoms with Crippen molar-refractivity contribution in [1.29, 1.82) is 0 Å². The number of rotatable bonds is 5. The average molecular weight is 433 g/mol. The number of aldehydes is 1. The lowest BCUT2D eigenvalue weighted by Crippen LogP contribution is -2.34. The summed E-state index contributed by atoms with van der Waals surface area (Å²) in [5, 5.41) is 3.92. The van der Waals surface area contributed by atoms with Crippen LogP contribution in [0, 0.1) is 5.92 Å². The number of carbonyl (C=O) groups is 2. The highest BCUT2D eigenvalue weighted by molar-refractivity contribution is 6.04. The van der Waals surface area contributed by atoms with Crippen molar-refractivity contribution in [3.05, 3.63) is 47.9 Å². The number of aromatic nitrogens is 3. The van der Waals surface area contributed by atoms with Gasteiger partial charge in [-0.2, -0.15) is 0 Å². The van der Waals surface area contributed by atoms with Gasteiger partial charge in [0.1, 0.15) is 17.9 Å². The molecule has 0 saturated carbocycles. The highest BCUT2D eigenvalue weighted by Gasteiger charge is 2.24. The first-order chi connectivity index (χ1) is 15.6. The highest BCUT2D eigenvalue weighted by Crippen LogP contribution is 2.32. The standard InChI is InChI=1S/C24H28N6O2/c1-29-8-2-3-21(29)20-11-18-14-25-22(12-19(18)27-20)28-24(32)17-4-5-23(26-13-17)30-9-6-16(15-31)7-10-30/h4-5,11-16,21,27H,2-3,6-10H2,1H3,(H,25,28,32)/t21-/m1/s1. The van der Waals surface area contributed by atoms with Crippen LogP contribution in [0.2, 0.25) is 0 Å². The SMILES string of the molecule is CN1CCC[C@@H]1c1cc2cnc(NC(=O)c3ccc(N4CCC(C=O)CC4)nc3)cc2[nH]1. The van der Waals surface area contributed by atoms with Crippen molar-refractivity contribution < 1.29 is 9.59 Å². The molecule has 8 heteroatoms. The maximum absolute atomic E-state index is 12.7. The van der Waals surface area contributed by atoms with Gasteiger partial charge in [-0.05, 0) is 57.5 Å². The average Bonchev–Trinajstić information content (AvgIpc) is 3.44. The molecule has 5 rings (SSSR count). The quantitative estimate of drug-likeness (QED) is 0.600. The molecule has 5 heterocycles. The van der Waals surface area contributed by atoms with E-state index in [1.807, 2.05) is 12.1 Å². The molecule has 2 aliphatic rings. The molecule has 0 unspecified atom stereocenters. The highest BCUT2D eigenvalue weighted by atomic mass is 16.1. The molecule has 0 aliphatic carbocycles. The Morgan fingerprint density at radius 3 is 2.66 bits per heavy atom. The molecular formula is C24H28N6O2. The Kier molecular flexibility index (Phi) is 5.61. The van der Waals surface area contributed by atoms with E-state index in [0.717, 1.165) is 61.9 Å². The molecule has 2 N–H and O–H groups in total. The fourth-order valence-electron chi connectivity index (χ4n) is 4.76. The minimum atomic E-state index is -0.238. The maximum atomic E-state index is 12.7. The van der Waals surface area contributed by atoms with Gasteiger partial charge < -0.3 is 20.0 Å². The number of carbonyl (C=O) groups excluding carboxylic acids is 2. The van der Waals surface area contributed by atoms with Crippen LogP contribution in [0.15, 0.2) is 36.7 Å². The fourth-order valence-corrected chi connectivity index (χ4v) is 4.76. The lowest BCUT2D eigenvalue weighted by Gasteiger charge is -2.30. The molecule has 0 bridgehead atoms. The maximum Gasteiger partial charge on any atom is 0.258 e. The molecule has 2 fully saturated rings. The number of nitrogens with one attached hydrogen (secondary N) is 2. The molecule has 1 atom stereocenters. The van der Waals surface area contributed by atoms with E-state index >= 15 is 0 Å². The number of likely N-dealkylation sites (tertiary alicyclic amines) is 1. The molecular weight excluding hydrogens is 404 g/mol. The summed E-state index contributed by atoms with van der Waals surface area (Å²) < 4.78 is 0. The topological polar surface area (TPSA) is 94.2 Å². The van der Waals surface area contributed by atoms with E-state index in [2.05, 4.69) is 43.2 Å². The van der Waals surface area contributed by atoms with E-state index in [1.54, 1.807) is 18.5 Å². The minimum absolute atomic E-state index is 0.149. The number of H-pyrrole nitrogens is 1. The van der Waals surface area contributed by atoms with Crippen LogP contribution in [0.1, 0.15) is 47.8 Å². The predicted molar refractivity (Wildman–Crippen MR) is 124 cm³/mol. The lowest BCUT2D eigenvalue weighted by molar-refractivity contribution is -0.111. The molecule has 1 amide bonds. The second-order valence-electron chi connectivity index (χ2n) is 8.84. The van der Waals surface area contributed by atoms with Crippen molar-refractivity contribution in [1.82, 2.24) is 19.9 Å². The molecule has 3 aromatic rings. The molecule has 3 aromatic heterocycles. The number of hydrogen-bond donors (Lipinski definition) is 2. The zero-order valence-corrected chi connectivity index (χ0v) is 18.3. The van der Waals surface area contributed by atoms with Crippen LogP contribution in [0.3, 0.4) is 0 Å². The van der Waals surface area contributed by atoms with Crippen LogP contribution >= 0.6 is 0 Å². The molecule has 8 nitrogen and oxygen atoms in total. The monoisotopic (exact) mass is 432 g/mol. The van der Waals surface area contributed by atoms with Crippen LogP contribution in [0.25, 0.3) is 10.9 Å². The Morgan fingerprint density at radius 2 is 1.97 bits per heavy atom. The Balaban J connectivity index is 1.25. The van der Waals surface area contributed by atoms with Gasteiger partial charge in [0.15, 0.2) is 0 Å². The van der Waals surface area contributed by atoms with E-state index in [0.29, 0.717) is 17.4 Å². The molecule has 166 valence electrons. The summed E-state index contributed by atoms with van der Waals surface area (Å²) in [6.45, 7) is 2.73. The number of pyridine rings is 2. The first-order valence-corrected chi connectivity index (χ1v) is 11.3. The summed E-state index contributed by atoms with van der Waals surface area (Å²) >= 11 is 0. The lowest BCUT2D eigenvalue weighted by atomic mass is 9.99. The third kappa shape index (κ3) is 4.10. The summed E-state index contributed by atoms with van der Waals surface area (Å²) in [7, 11) is 2.15. The largest absolute Gasteiger partial charge is 0.357 e. The summed E-state index contributed by atoms with van der Waals surface area (Å²) in [5.41, 5.74) is 2.65. The van der Waals surface area contributed by atoms with Gasteiger partial charge in [-0.25, -0.2) is 9.97 Å². The number of anilines is 2. The Hall–Kier alpha value is -3.26. The van der Waals surface area contributed by atoms with Crippen LogP contribution in [0.4, 0.5) is 11.6 Å². The van der Waals surface area contributed by atoms with E-state index < -0.39 is 0 Å².